The molecule has 1 heterocycles. The van der Waals surface area contributed by atoms with Crippen molar-refractivity contribution in [2.24, 2.45) is 0 Å². The molecule has 3 aromatic rings. The summed E-state index contributed by atoms with van der Waals surface area (Å²) in [6, 6.07) is 21.5. The first-order chi connectivity index (χ1) is 18.0. The Kier molecular flexibility index (Phi) is 9.65. The topological polar surface area (TPSA) is 61.9 Å². The summed E-state index contributed by atoms with van der Waals surface area (Å²) in [5.41, 5.74) is 2.23. The van der Waals surface area contributed by atoms with Crippen LogP contribution < -0.4 is 5.32 Å². The van der Waals surface area contributed by atoms with Crippen molar-refractivity contribution < 1.29 is 18.7 Å². The minimum Gasteiger partial charge on any atom is -0.379 e. The average molecular weight is 524 g/mol. The Balaban J connectivity index is 1.59. The molecule has 1 fully saturated rings. The number of ether oxygens (including phenoxy) is 1. The maximum atomic E-state index is 13.7. The lowest BCUT2D eigenvalue weighted by molar-refractivity contribution is -0.141. The van der Waals surface area contributed by atoms with Gasteiger partial charge in [0.05, 0.1) is 19.6 Å². The van der Waals surface area contributed by atoms with Gasteiger partial charge in [0.1, 0.15) is 11.9 Å². The fourth-order valence-electron chi connectivity index (χ4n) is 4.36. The first kappa shape index (κ1) is 26.8. The summed E-state index contributed by atoms with van der Waals surface area (Å²) < 4.78 is 19.0. The third-order valence-electron chi connectivity index (χ3n) is 6.36. The van der Waals surface area contributed by atoms with Crippen LogP contribution in [-0.4, -0.2) is 61.0 Å². The smallest absolute Gasteiger partial charge is 0.247 e. The summed E-state index contributed by atoms with van der Waals surface area (Å²) in [5.74, 6) is -0.835. The number of nitrogens with zero attached hydrogens (tertiary/aromatic N) is 2. The molecular weight excluding hydrogens is 493 g/mol. The molecule has 6 nitrogen and oxygen atoms in total. The molecule has 1 atom stereocenters. The first-order valence-corrected chi connectivity index (χ1v) is 12.8. The number of carbonyl (C=O) groups is 2. The van der Waals surface area contributed by atoms with E-state index in [9.17, 15) is 14.0 Å². The van der Waals surface area contributed by atoms with Gasteiger partial charge in [-0.25, -0.2) is 4.39 Å². The van der Waals surface area contributed by atoms with Crippen LogP contribution >= 0.6 is 11.6 Å². The van der Waals surface area contributed by atoms with Gasteiger partial charge in [-0.2, -0.15) is 0 Å². The molecule has 0 spiro atoms. The molecule has 37 heavy (non-hydrogen) atoms. The van der Waals surface area contributed by atoms with Crippen LogP contribution in [0.1, 0.15) is 22.7 Å². The Morgan fingerprint density at radius 3 is 2.27 bits per heavy atom. The van der Waals surface area contributed by atoms with E-state index < -0.39 is 6.04 Å². The number of morpholine rings is 1. The van der Waals surface area contributed by atoms with E-state index in [4.69, 9.17) is 16.3 Å². The minimum absolute atomic E-state index is 0.1000. The lowest BCUT2D eigenvalue weighted by atomic mass is 10.0. The molecule has 8 heteroatoms. The quantitative estimate of drug-likeness (QED) is 0.432. The van der Waals surface area contributed by atoms with Crippen molar-refractivity contribution in [2.75, 3.05) is 39.4 Å². The zero-order valence-corrected chi connectivity index (χ0v) is 21.4. The number of amides is 2. The van der Waals surface area contributed by atoms with Gasteiger partial charge in [-0.3, -0.25) is 14.5 Å². The second-order valence-corrected chi connectivity index (χ2v) is 9.45. The molecule has 194 valence electrons. The third kappa shape index (κ3) is 7.86. The lowest BCUT2D eigenvalue weighted by Gasteiger charge is -2.32. The third-order valence-corrected chi connectivity index (χ3v) is 6.61. The summed E-state index contributed by atoms with van der Waals surface area (Å²) in [6.07, 6.45) is 0.1000. The van der Waals surface area contributed by atoms with Crippen molar-refractivity contribution in [3.63, 3.8) is 0 Å². The van der Waals surface area contributed by atoms with Crippen molar-refractivity contribution in [3.8, 4) is 0 Å². The number of nitrogens with one attached hydrogen (secondary N) is 1. The second-order valence-electron chi connectivity index (χ2n) is 9.01. The van der Waals surface area contributed by atoms with Gasteiger partial charge in [0.2, 0.25) is 11.8 Å². The van der Waals surface area contributed by atoms with Gasteiger partial charge in [-0.05, 0) is 41.0 Å². The number of benzene rings is 3. The van der Waals surface area contributed by atoms with Gasteiger partial charge >= 0.3 is 0 Å². The van der Waals surface area contributed by atoms with Crippen LogP contribution in [0.3, 0.4) is 0 Å². The van der Waals surface area contributed by atoms with Crippen molar-refractivity contribution in [1.29, 1.82) is 0 Å². The number of rotatable bonds is 10. The average Bonchev–Trinajstić information content (AvgIpc) is 2.92. The summed E-state index contributed by atoms with van der Waals surface area (Å²) in [4.78, 5) is 31.2. The molecule has 1 aliphatic rings. The summed E-state index contributed by atoms with van der Waals surface area (Å²) in [7, 11) is 0. The van der Waals surface area contributed by atoms with Crippen molar-refractivity contribution in [1.82, 2.24) is 15.1 Å². The van der Waals surface area contributed by atoms with E-state index in [1.54, 1.807) is 41.3 Å². The molecule has 0 saturated carbocycles. The predicted molar refractivity (Wildman–Crippen MR) is 142 cm³/mol. The number of halogens is 2. The highest BCUT2D eigenvalue weighted by Gasteiger charge is 2.31. The molecule has 0 unspecified atom stereocenters. The molecule has 0 bridgehead atoms. The highest BCUT2D eigenvalue weighted by Crippen LogP contribution is 2.25. The number of hydrogen-bond acceptors (Lipinski definition) is 4. The lowest BCUT2D eigenvalue weighted by Crippen LogP contribution is -2.46. The molecule has 3 aromatic carbocycles. The van der Waals surface area contributed by atoms with Gasteiger partial charge in [-0.15, -0.1) is 0 Å². The van der Waals surface area contributed by atoms with Crippen LogP contribution in [0.25, 0.3) is 0 Å². The van der Waals surface area contributed by atoms with Crippen LogP contribution in [0, 0.1) is 5.82 Å². The Morgan fingerprint density at radius 2 is 1.59 bits per heavy atom. The van der Waals surface area contributed by atoms with E-state index in [-0.39, 0.29) is 30.6 Å². The van der Waals surface area contributed by atoms with Crippen LogP contribution in [0.5, 0.6) is 0 Å². The summed E-state index contributed by atoms with van der Waals surface area (Å²) in [6.45, 7) is 4.34. The number of carbonyl (C=O) groups excluding carboxylic acids is 2. The van der Waals surface area contributed by atoms with Crippen LogP contribution in [0.4, 0.5) is 4.39 Å². The van der Waals surface area contributed by atoms with Gasteiger partial charge < -0.3 is 15.0 Å². The van der Waals surface area contributed by atoms with E-state index in [0.717, 1.165) is 24.2 Å². The minimum atomic E-state index is -0.851. The van der Waals surface area contributed by atoms with E-state index in [0.29, 0.717) is 36.9 Å². The van der Waals surface area contributed by atoms with Crippen molar-refractivity contribution in [3.05, 3.63) is 106 Å². The molecule has 0 radical (unpaired) electrons. The normalized spacial score (nSPS) is 14.6. The largest absolute Gasteiger partial charge is 0.379 e. The highest BCUT2D eigenvalue weighted by atomic mass is 35.5. The van der Waals surface area contributed by atoms with E-state index in [2.05, 4.69) is 10.2 Å². The fraction of sp³-hybridized carbons (Fsp3) is 0.310. The van der Waals surface area contributed by atoms with Crippen LogP contribution in [0.15, 0.2) is 78.9 Å². The van der Waals surface area contributed by atoms with Crippen LogP contribution in [-0.2, 0) is 27.3 Å². The molecule has 0 aromatic heterocycles. The van der Waals surface area contributed by atoms with Gasteiger partial charge in [0, 0.05) is 37.7 Å². The zero-order chi connectivity index (χ0) is 26.0. The standard InChI is InChI=1S/C29H31ClFN3O3/c30-25-10-6-22(7-11-25)20-27(35)34(21-23-8-12-26(31)13-9-23)28(24-4-2-1-3-5-24)29(36)32-14-15-33-16-18-37-19-17-33/h1-13,28H,14-21H2,(H,32,36)/t28-/m0/s1. The summed E-state index contributed by atoms with van der Waals surface area (Å²) >= 11 is 6.02. The van der Waals surface area contributed by atoms with Gasteiger partial charge in [-0.1, -0.05) is 66.2 Å². The van der Waals surface area contributed by atoms with Crippen molar-refractivity contribution >= 4 is 23.4 Å². The van der Waals surface area contributed by atoms with Gasteiger partial charge in [0.15, 0.2) is 0 Å². The SMILES string of the molecule is O=C(NCCN1CCOCC1)[C@H](c1ccccc1)N(Cc1ccc(F)cc1)C(=O)Cc1ccc(Cl)cc1. The van der Waals surface area contributed by atoms with E-state index in [1.807, 2.05) is 30.3 Å². The molecule has 1 saturated heterocycles. The predicted octanol–water partition coefficient (Wildman–Crippen LogP) is 4.24. The maximum absolute atomic E-state index is 13.7. The highest BCUT2D eigenvalue weighted by molar-refractivity contribution is 6.30. The molecule has 4 rings (SSSR count). The Labute approximate surface area is 222 Å². The molecule has 2 amide bonds. The Bertz CT molecular complexity index is 1150. The Morgan fingerprint density at radius 1 is 0.946 bits per heavy atom. The fourth-order valence-corrected chi connectivity index (χ4v) is 4.48. The molecule has 0 aliphatic carbocycles. The van der Waals surface area contributed by atoms with E-state index in [1.165, 1.54) is 12.1 Å². The zero-order valence-electron chi connectivity index (χ0n) is 20.6. The van der Waals surface area contributed by atoms with Gasteiger partial charge in [0.25, 0.3) is 0 Å². The molecule has 1 N–H and O–H groups in total. The maximum Gasteiger partial charge on any atom is 0.247 e. The van der Waals surface area contributed by atoms with E-state index >= 15 is 0 Å². The number of hydrogen-bond donors (Lipinski definition) is 1. The monoisotopic (exact) mass is 523 g/mol. The molecular formula is C29H31ClFN3O3. The first-order valence-electron chi connectivity index (χ1n) is 12.4. The summed E-state index contributed by atoms with van der Waals surface area (Å²) in [5, 5.41) is 3.62. The van der Waals surface area contributed by atoms with Crippen molar-refractivity contribution in [2.45, 2.75) is 19.0 Å². The molecule has 1 aliphatic heterocycles. The van der Waals surface area contributed by atoms with Crippen LogP contribution in [0.2, 0.25) is 5.02 Å². The second kappa shape index (κ2) is 13.3. The Hall–Kier alpha value is -3.26.